The van der Waals surface area contributed by atoms with Gasteiger partial charge in [0, 0.05) is 12.1 Å². The quantitative estimate of drug-likeness (QED) is 0.422. The fourth-order valence-electron chi connectivity index (χ4n) is 2.65. The van der Waals surface area contributed by atoms with Crippen molar-refractivity contribution in [3.8, 4) is 11.4 Å². The van der Waals surface area contributed by atoms with E-state index in [1.807, 2.05) is 22.8 Å². The summed E-state index contributed by atoms with van der Waals surface area (Å²) in [6, 6.07) is 13.9. The third-order valence-corrected chi connectivity index (χ3v) is 5.24. The van der Waals surface area contributed by atoms with E-state index < -0.39 is 5.91 Å². The maximum atomic E-state index is 12.4. The SMILES string of the molecule is C=CCn1c(SCC(=O)Nc2ccccc2C(N)=O)nnc1-c1ccccc1Cl. The molecule has 3 N–H and O–H groups in total. The second-order valence-electron chi connectivity index (χ2n) is 5.93. The molecule has 0 unspecified atom stereocenters. The Balaban J connectivity index is 1.76. The summed E-state index contributed by atoms with van der Waals surface area (Å²) in [5, 5.41) is 12.2. The van der Waals surface area contributed by atoms with Gasteiger partial charge in [-0.15, -0.1) is 16.8 Å². The van der Waals surface area contributed by atoms with Crippen LogP contribution in [0.3, 0.4) is 0 Å². The van der Waals surface area contributed by atoms with Gasteiger partial charge in [0.25, 0.3) is 5.91 Å². The first-order chi connectivity index (χ1) is 14.0. The summed E-state index contributed by atoms with van der Waals surface area (Å²) in [5.74, 6) is -0.234. The van der Waals surface area contributed by atoms with Gasteiger partial charge in [0.05, 0.1) is 22.0 Å². The van der Waals surface area contributed by atoms with Gasteiger partial charge in [-0.1, -0.05) is 53.7 Å². The molecule has 0 aliphatic carbocycles. The zero-order valence-corrected chi connectivity index (χ0v) is 16.9. The summed E-state index contributed by atoms with van der Waals surface area (Å²) in [6.45, 7) is 4.23. The fourth-order valence-corrected chi connectivity index (χ4v) is 3.62. The van der Waals surface area contributed by atoms with Crippen LogP contribution < -0.4 is 11.1 Å². The van der Waals surface area contributed by atoms with E-state index >= 15 is 0 Å². The smallest absolute Gasteiger partial charge is 0.250 e. The number of carbonyl (C=O) groups excluding carboxylic acids is 2. The number of primary amides is 1. The Bertz CT molecular complexity index is 1070. The van der Waals surface area contributed by atoms with Crippen LogP contribution in [0.15, 0.2) is 66.3 Å². The van der Waals surface area contributed by atoms with E-state index in [-0.39, 0.29) is 17.2 Å². The molecule has 9 heteroatoms. The van der Waals surface area contributed by atoms with Crippen molar-refractivity contribution in [3.63, 3.8) is 0 Å². The standard InChI is InChI=1S/C20H18ClN5O2S/c1-2-11-26-19(13-7-3-5-9-15(13)21)24-25-20(26)29-12-17(27)23-16-10-6-4-8-14(16)18(22)28/h2-10H,1,11-12H2,(H2,22,28)(H,23,27). The highest BCUT2D eigenvalue weighted by atomic mass is 35.5. The van der Waals surface area contributed by atoms with E-state index in [0.29, 0.717) is 28.2 Å². The molecule has 1 aromatic heterocycles. The summed E-state index contributed by atoms with van der Waals surface area (Å²) in [4.78, 5) is 23.9. The molecule has 2 amide bonds. The molecule has 7 nitrogen and oxygen atoms in total. The zero-order chi connectivity index (χ0) is 20.8. The lowest BCUT2D eigenvalue weighted by atomic mass is 10.1. The van der Waals surface area contributed by atoms with Crippen LogP contribution >= 0.6 is 23.4 Å². The Morgan fingerprint density at radius 2 is 1.90 bits per heavy atom. The number of hydrogen-bond acceptors (Lipinski definition) is 5. The minimum atomic E-state index is -0.608. The first-order valence-electron chi connectivity index (χ1n) is 8.61. The van der Waals surface area contributed by atoms with Crippen molar-refractivity contribution >= 4 is 40.9 Å². The number of nitrogens with one attached hydrogen (secondary N) is 1. The number of amides is 2. The summed E-state index contributed by atoms with van der Waals surface area (Å²) in [5.41, 5.74) is 6.71. The van der Waals surface area contributed by atoms with Gasteiger partial charge in [0.15, 0.2) is 11.0 Å². The maximum Gasteiger partial charge on any atom is 0.250 e. The minimum absolute atomic E-state index is 0.0743. The highest BCUT2D eigenvalue weighted by Gasteiger charge is 2.17. The lowest BCUT2D eigenvalue weighted by Crippen LogP contribution is -2.19. The summed E-state index contributed by atoms with van der Waals surface area (Å²) in [7, 11) is 0. The van der Waals surface area contributed by atoms with Crippen LogP contribution in [0.4, 0.5) is 5.69 Å². The molecule has 0 bridgehead atoms. The molecule has 0 aliphatic rings. The predicted octanol–water partition coefficient (Wildman–Crippen LogP) is 3.61. The van der Waals surface area contributed by atoms with E-state index in [1.165, 1.54) is 11.8 Å². The van der Waals surface area contributed by atoms with Crippen molar-refractivity contribution in [1.82, 2.24) is 14.8 Å². The van der Waals surface area contributed by atoms with E-state index in [9.17, 15) is 9.59 Å². The molecule has 0 aliphatic heterocycles. The third kappa shape index (κ3) is 4.85. The first kappa shape index (κ1) is 20.6. The Kier molecular flexibility index (Phi) is 6.69. The lowest BCUT2D eigenvalue weighted by Gasteiger charge is -2.10. The summed E-state index contributed by atoms with van der Waals surface area (Å²) < 4.78 is 1.84. The number of aromatic nitrogens is 3. The van der Waals surface area contributed by atoms with Crippen molar-refractivity contribution in [1.29, 1.82) is 0 Å². The number of nitrogens with zero attached hydrogens (tertiary/aromatic N) is 3. The fraction of sp³-hybridized carbons (Fsp3) is 0.100. The largest absolute Gasteiger partial charge is 0.366 e. The van der Waals surface area contributed by atoms with Crippen molar-refractivity contribution in [2.45, 2.75) is 11.7 Å². The molecule has 0 atom stereocenters. The number of rotatable bonds is 8. The Morgan fingerprint density at radius 1 is 1.17 bits per heavy atom. The molecule has 3 aromatic rings. The van der Waals surface area contributed by atoms with Gasteiger partial charge in [0.1, 0.15) is 0 Å². The molecular formula is C20H18ClN5O2S. The van der Waals surface area contributed by atoms with E-state index in [1.54, 1.807) is 36.4 Å². The van der Waals surface area contributed by atoms with Gasteiger partial charge in [-0.2, -0.15) is 0 Å². The number of anilines is 1. The monoisotopic (exact) mass is 427 g/mol. The Labute approximate surface area is 177 Å². The van der Waals surface area contributed by atoms with Crippen LogP contribution in [-0.4, -0.2) is 32.3 Å². The van der Waals surface area contributed by atoms with Crippen LogP contribution in [0.1, 0.15) is 10.4 Å². The Hall–Kier alpha value is -3.10. The molecule has 1 heterocycles. The third-order valence-electron chi connectivity index (χ3n) is 3.94. The number of nitrogens with two attached hydrogens (primary N) is 1. The molecule has 3 rings (SSSR count). The average Bonchev–Trinajstić information content (AvgIpc) is 3.10. The van der Waals surface area contributed by atoms with Crippen LogP contribution in [0, 0.1) is 0 Å². The topological polar surface area (TPSA) is 103 Å². The average molecular weight is 428 g/mol. The van der Waals surface area contributed by atoms with E-state index in [2.05, 4.69) is 22.1 Å². The van der Waals surface area contributed by atoms with Crippen molar-refractivity contribution < 1.29 is 9.59 Å². The molecule has 0 fully saturated rings. The van der Waals surface area contributed by atoms with Gasteiger partial charge >= 0.3 is 0 Å². The molecular weight excluding hydrogens is 410 g/mol. The second kappa shape index (κ2) is 9.40. The van der Waals surface area contributed by atoms with Crippen LogP contribution in [0.5, 0.6) is 0 Å². The van der Waals surface area contributed by atoms with Crippen LogP contribution in [0.2, 0.25) is 5.02 Å². The number of para-hydroxylation sites is 1. The number of benzene rings is 2. The number of hydrogen-bond donors (Lipinski definition) is 2. The van der Waals surface area contributed by atoms with Crippen molar-refractivity contribution in [2.75, 3.05) is 11.1 Å². The van der Waals surface area contributed by atoms with E-state index in [4.69, 9.17) is 17.3 Å². The predicted molar refractivity (Wildman–Crippen MR) is 115 cm³/mol. The van der Waals surface area contributed by atoms with Crippen LogP contribution in [0.25, 0.3) is 11.4 Å². The summed E-state index contributed by atoms with van der Waals surface area (Å²) in [6.07, 6.45) is 1.72. The highest BCUT2D eigenvalue weighted by molar-refractivity contribution is 7.99. The van der Waals surface area contributed by atoms with Gasteiger partial charge in [0.2, 0.25) is 5.91 Å². The Morgan fingerprint density at radius 3 is 2.62 bits per heavy atom. The van der Waals surface area contributed by atoms with Crippen LogP contribution in [-0.2, 0) is 11.3 Å². The van der Waals surface area contributed by atoms with Gasteiger partial charge < -0.3 is 11.1 Å². The normalized spacial score (nSPS) is 10.5. The molecule has 0 saturated carbocycles. The van der Waals surface area contributed by atoms with E-state index in [0.717, 1.165) is 5.56 Å². The molecule has 0 radical (unpaired) electrons. The summed E-state index contributed by atoms with van der Waals surface area (Å²) >= 11 is 7.50. The van der Waals surface area contributed by atoms with Gasteiger partial charge in [-0.3, -0.25) is 14.2 Å². The highest BCUT2D eigenvalue weighted by Crippen LogP contribution is 2.29. The number of carbonyl (C=O) groups is 2. The first-order valence-corrected chi connectivity index (χ1v) is 9.98. The minimum Gasteiger partial charge on any atom is -0.366 e. The molecule has 0 spiro atoms. The van der Waals surface area contributed by atoms with Crippen molar-refractivity contribution in [2.24, 2.45) is 5.73 Å². The van der Waals surface area contributed by atoms with Gasteiger partial charge in [-0.05, 0) is 24.3 Å². The molecule has 29 heavy (non-hydrogen) atoms. The molecule has 148 valence electrons. The number of halogens is 1. The maximum absolute atomic E-state index is 12.4. The second-order valence-corrected chi connectivity index (χ2v) is 7.28. The molecule has 2 aromatic carbocycles. The lowest BCUT2D eigenvalue weighted by molar-refractivity contribution is -0.113. The molecule has 0 saturated heterocycles. The zero-order valence-electron chi connectivity index (χ0n) is 15.3. The number of thioether (sulfide) groups is 1. The number of allylic oxidation sites excluding steroid dienone is 1. The van der Waals surface area contributed by atoms with Gasteiger partial charge in [-0.25, -0.2) is 0 Å². The van der Waals surface area contributed by atoms with Crippen molar-refractivity contribution in [3.05, 3.63) is 71.8 Å².